The highest BCUT2D eigenvalue weighted by atomic mass is 16.3. The second kappa shape index (κ2) is 40.3. The number of carbonyl (C=O) groups excluding carboxylic acids is 1. The number of hydrogen-bond donors (Lipinski definition) is 3. The Labute approximate surface area is 300 Å². The normalized spacial score (nSPS) is 13.2. The molecule has 0 spiro atoms. The molecule has 0 aromatic heterocycles. The van der Waals surface area contributed by atoms with Gasteiger partial charge in [0.25, 0.3) is 0 Å². The minimum Gasteiger partial charge on any atom is -0.394 e. The molecule has 0 saturated carbocycles. The van der Waals surface area contributed by atoms with Crippen LogP contribution >= 0.6 is 0 Å². The SMILES string of the molecule is CCCCCCCCC/C=C\CCCCCCCCCC(=O)NC(CO)C(O)/C=C/CCCCCCCCCCCCCCCCCC. The van der Waals surface area contributed by atoms with E-state index in [0.29, 0.717) is 6.42 Å². The summed E-state index contributed by atoms with van der Waals surface area (Å²) < 4.78 is 0. The van der Waals surface area contributed by atoms with Crippen LogP contribution in [0.2, 0.25) is 0 Å². The van der Waals surface area contributed by atoms with Crippen molar-refractivity contribution in [3.05, 3.63) is 24.3 Å². The fourth-order valence-electron chi connectivity index (χ4n) is 6.58. The van der Waals surface area contributed by atoms with Crippen molar-refractivity contribution in [3.63, 3.8) is 0 Å². The Morgan fingerprint density at radius 3 is 1.15 bits per heavy atom. The van der Waals surface area contributed by atoms with Crippen LogP contribution in [0, 0.1) is 0 Å². The molecule has 0 aliphatic carbocycles. The average Bonchev–Trinajstić information content (AvgIpc) is 3.09. The first-order valence-corrected chi connectivity index (χ1v) is 21.6. The van der Waals surface area contributed by atoms with Gasteiger partial charge in [-0.25, -0.2) is 0 Å². The van der Waals surface area contributed by atoms with E-state index in [1.54, 1.807) is 6.08 Å². The van der Waals surface area contributed by atoms with Crippen molar-refractivity contribution in [1.82, 2.24) is 5.32 Å². The molecule has 0 fully saturated rings. The molecule has 0 heterocycles. The zero-order valence-corrected chi connectivity index (χ0v) is 32.5. The van der Waals surface area contributed by atoms with E-state index in [-0.39, 0.29) is 12.5 Å². The maximum Gasteiger partial charge on any atom is 0.220 e. The van der Waals surface area contributed by atoms with Crippen LogP contribution in [0.4, 0.5) is 0 Å². The Morgan fingerprint density at radius 2 is 0.792 bits per heavy atom. The molecule has 0 rings (SSSR count). The highest BCUT2D eigenvalue weighted by Crippen LogP contribution is 2.15. The molecule has 0 saturated heterocycles. The number of hydrogen-bond acceptors (Lipinski definition) is 3. The van der Waals surface area contributed by atoms with Gasteiger partial charge in [0, 0.05) is 6.42 Å². The lowest BCUT2D eigenvalue weighted by atomic mass is 10.0. The lowest BCUT2D eigenvalue weighted by Crippen LogP contribution is -2.45. The van der Waals surface area contributed by atoms with Crippen LogP contribution in [-0.2, 0) is 4.79 Å². The fourth-order valence-corrected chi connectivity index (χ4v) is 6.58. The maximum atomic E-state index is 12.4. The third-order valence-corrected chi connectivity index (χ3v) is 9.93. The van der Waals surface area contributed by atoms with Gasteiger partial charge < -0.3 is 15.5 Å². The van der Waals surface area contributed by atoms with Gasteiger partial charge in [0.15, 0.2) is 0 Å². The van der Waals surface area contributed by atoms with E-state index in [1.165, 1.54) is 186 Å². The van der Waals surface area contributed by atoms with E-state index in [9.17, 15) is 15.0 Å². The summed E-state index contributed by atoms with van der Waals surface area (Å²) in [5, 5.41) is 23.0. The molecule has 0 aromatic carbocycles. The first-order chi connectivity index (χ1) is 23.7. The molecule has 0 bridgehead atoms. The zero-order chi connectivity index (χ0) is 35.0. The van der Waals surface area contributed by atoms with Gasteiger partial charge in [-0.1, -0.05) is 205 Å². The predicted octanol–water partition coefficient (Wildman–Crippen LogP) is 13.2. The molecule has 0 radical (unpaired) electrons. The lowest BCUT2D eigenvalue weighted by Gasteiger charge is -2.20. The molecule has 284 valence electrons. The van der Waals surface area contributed by atoms with Gasteiger partial charge in [0.05, 0.1) is 18.8 Å². The van der Waals surface area contributed by atoms with Crippen molar-refractivity contribution in [2.24, 2.45) is 0 Å². The van der Waals surface area contributed by atoms with Crippen molar-refractivity contribution in [2.45, 2.75) is 244 Å². The molecular formula is C44H85NO3. The predicted molar refractivity (Wildman–Crippen MR) is 212 cm³/mol. The Balaban J connectivity index is 3.57. The Hall–Kier alpha value is -1.13. The van der Waals surface area contributed by atoms with E-state index in [1.807, 2.05) is 6.08 Å². The molecule has 2 unspecified atom stereocenters. The minimum absolute atomic E-state index is 0.0671. The molecule has 2 atom stereocenters. The second-order valence-corrected chi connectivity index (χ2v) is 14.8. The third-order valence-electron chi connectivity index (χ3n) is 9.93. The van der Waals surface area contributed by atoms with E-state index in [0.717, 1.165) is 25.7 Å². The summed E-state index contributed by atoms with van der Waals surface area (Å²) in [6.45, 7) is 4.31. The maximum absolute atomic E-state index is 12.4. The highest BCUT2D eigenvalue weighted by molar-refractivity contribution is 5.76. The van der Waals surface area contributed by atoms with E-state index < -0.39 is 12.1 Å². The van der Waals surface area contributed by atoms with Crippen LogP contribution in [0.25, 0.3) is 0 Å². The standard InChI is InChI=1S/C44H85NO3/c1-3-5-7-9-11-13-15-17-19-21-23-25-27-29-31-33-35-37-39-43(47)42(41-46)45-44(48)40-38-36-34-32-30-28-26-24-22-20-18-16-14-12-10-8-6-4-2/h20,22,37,39,42-43,46-47H,3-19,21,23-36,38,40-41H2,1-2H3,(H,45,48)/b22-20-,39-37+. The van der Waals surface area contributed by atoms with E-state index >= 15 is 0 Å². The van der Waals surface area contributed by atoms with Gasteiger partial charge in [-0.15, -0.1) is 0 Å². The van der Waals surface area contributed by atoms with E-state index in [2.05, 4.69) is 31.3 Å². The lowest BCUT2D eigenvalue weighted by molar-refractivity contribution is -0.123. The molecule has 4 heteroatoms. The molecule has 1 amide bonds. The van der Waals surface area contributed by atoms with Crippen molar-refractivity contribution in [1.29, 1.82) is 0 Å². The van der Waals surface area contributed by atoms with Crippen LogP contribution < -0.4 is 5.32 Å². The minimum atomic E-state index is -0.838. The van der Waals surface area contributed by atoms with Crippen molar-refractivity contribution < 1.29 is 15.0 Å². The second-order valence-electron chi connectivity index (χ2n) is 14.8. The molecule has 3 N–H and O–H groups in total. The summed E-state index contributed by atoms with van der Waals surface area (Å²) in [6.07, 6.45) is 51.3. The van der Waals surface area contributed by atoms with Gasteiger partial charge in [-0.05, 0) is 44.9 Å². The van der Waals surface area contributed by atoms with Crippen LogP contribution in [0.15, 0.2) is 24.3 Å². The molecule has 0 aliphatic rings. The quantitative estimate of drug-likeness (QED) is 0.0448. The smallest absolute Gasteiger partial charge is 0.220 e. The van der Waals surface area contributed by atoms with Gasteiger partial charge in [0.2, 0.25) is 5.91 Å². The summed E-state index contributed by atoms with van der Waals surface area (Å²) in [6, 6.07) is -0.621. The number of allylic oxidation sites excluding steroid dienone is 3. The number of aliphatic hydroxyl groups excluding tert-OH is 2. The highest BCUT2D eigenvalue weighted by Gasteiger charge is 2.17. The summed E-state index contributed by atoms with van der Waals surface area (Å²) in [4.78, 5) is 12.4. The molecule has 0 aliphatic heterocycles. The van der Waals surface area contributed by atoms with Crippen LogP contribution in [-0.4, -0.2) is 34.9 Å². The summed E-state index contributed by atoms with van der Waals surface area (Å²) in [7, 11) is 0. The molecule has 0 aromatic rings. The van der Waals surface area contributed by atoms with Crippen LogP contribution in [0.5, 0.6) is 0 Å². The fraction of sp³-hybridized carbons (Fsp3) is 0.886. The number of nitrogens with one attached hydrogen (secondary N) is 1. The zero-order valence-electron chi connectivity index (χ0n) is 32.5. The van der Waals surface area contributed by atoms with Crippen LogP contribution in [0.1, 0.15) is 232 Å². The Bertz CT molecular complexity index is 691. The summed E-state index contributed by atoms with van der Waals surface area (Å²) >= 11 is 0. The monoisotopic (exact) mass is 676 g/mol. The summed E-state index contributed by atoms with van der Waals surface area (Å²) in [5.74, 6) is -0.0671. The number of rotatable bonds is 39. The Kier molecular flexibility index (Phi) is 39.4. The number of carbonyl (C=O) groups is 1. The van der Waals surface area contributed by atoms with Gasteiger partial charge >= 0.3 is 0 Å². The molecule has 48 heavy (non-hydrogen) atoms. The van der Waals surface area contributed by atoms with Crippen molar-refractivity contribution in [3.8, 4) is 0 Å². The topological polar surface area (TPSA) is 69.6 Å². The number of unbranched alkanes of at least 4 members (excludes halogenated alkanes) is 30. The van der Waals surface area contributed by atoms with Gasteiger partial charge in [-0.3, -0.25) is 4.79 Å². The van der Waals surface area contributed by atoms with E-state index in [4.69, 9.17) is 0 Å². The average molecular weight is 676 g/mol. The molecular weight excluding hydrogens is 590 g/mol. The number of aliphatic hydroxyl groups is 2. The van der Waals surface area contributed by atoms with Crippen molar-refractivity contribution >= 4 is 5.91 Å². The van der Waals surface area contributed by atoms with Gasteiger partial charge in [0.1, 0.15) is 0 Å². The van der Waals surface area contributed by atoms with Crippen molar-refractivity contribution in [2.75, 3.05) is 6.61 Å². The first kappa shape index (κ1) is 46.9. The van der Waals surface area contributed by atoms with Crippen LogP contribution in [0.3, 0.4) is 0 Å². The summed E-state index contributed by atoms with van der Waals surface area (Å²) in [5.41, 5.74) is 0. The van der Waals surface area contributed by atoms with Gasteiger partial charge in [-0.2, -0.15) is 0 Å². The largest absolute Gasteiger partial charge is 0.394 e. The first-order valence-electron chi connectivity index (χ1n) is 21.6. The number of amides is 1. The molecule has 4 nitrogen and oxygen atoms in total. The third kappa shape index (κ3) is 36.2. The Morgan fingerprint density at radius 1 is 0.479 bits per heavy atom.